The first kappa shape index (κ1) is 15.8. The predicted molar refractivity (Wildman–Crippen MR) is 72.7 cm³/mol. The van der Waals surface area contributed by atoms with Crippen LogP contribution in [0.1, 0.15) is 40.5 Å². The van der Waals surface area contributed by atoms with Crippen molar-refractivity contribution >= 4 is 17.7 Å². The van der Waals surface area contributed by atoms with Gasteiger partial charge in [-0.2, -0.15) is 11.8 Å². The first-order chi connectivity index (χ1) is 7.47. The van der Waals surface area contributed by atoms with Crippen LogP contribution in [0.5, 0.6) is 0 Å². The predicted octanol–water partition coefficient (Wildman–Crippen LogP) is 2.01. The Balaban J connectivity index is 3.76. The molecule has 0 fully saturated rings. The molecule has 4 heteroatoms. The van der Waals surface area contributed by atoms with Crippen molar-refractivity contribution in [2.45, 2.75) is 52.6 Å². The standard InChI is InChI=1S/C12H26N2OS/c1-5-16-7-6-10(4)14-12(15)11(13)8-9(2)3/h9-11H,5-8,13H2,1-4H3,(H,14,15)/t10?,11-/m1/s1. The number of amides is 1. The van der Waals surface area contributed by atoms with E-state index in [1.807, 2.05) is 18.7 Å². The van der Waals surface area contributed by atoms with E-state index in [-0.39, 0.29) is 18.0 Å². The van der Waals surface area contributed by atoms with Crippen LogP contribution >= 0.6 is 11.8 Å². The van der Waals surface area contributed by atoms with Crippen LogP contribution in [-0.4, -0.2) is 29.5 Å². The van der Waals surface area contributed by atoms with E-state index >= 15 is 0 Å². The zero-order valence-electron chi connectivity index (χ0n) is 11.0. The lowest BCUT2D eigenvalue weighted by Crippen LogP contribution is -2.45. The van der Waals surface area contributed by atoms with Crippen LogP contribution in [0.15, 0.2) is 0 Å². The number of nitrogens with two attached hydrogens (primary N) is 1. The van der Waals surface area contributed by atoms with Crippen LogP contribution in [0, 0.1) is 5.92 Å². The minimum absolute atomic E-state index is 0.0114. The van der Waals surface area contributed by atoms with E-state index in [0.717, 1.165) is 24.3 Å². The lowest BCUT2D eigenvalue weighted by molar-refractivity contribution is -0.123. The number of rotatable bonds is 8. The quantitative estimate of drug-likeness (QED) is 0.644. The van der Waals surface area contributed by atoms with E-state index in [1.165, 1.54) is 0 Å². The maximum atomic E-state index is 11.7. The van der Waals surface area contributed by atoms with E-state index < -0.39 is 0 Å². The summed E-state index contributed by atoms with van der Waals surface area (Å²) in [4.78, 5) is 11.7. The molecule has 1 unspecified atom stereocenters. The van der Waals surface area contributed by atoms with Gasteiger partial charge in [-0.25, -0.2) is 0 Å². The Morgan fingerprint density at radius 2 is 2.00 bits per heavy atom. The summed E-state index contributed by atoms with van der Waals surface area (Å²) in [5.74, 6) is 2.68. The molecule has 0 aliphatic carbocycles. The van der Waals surface area contributed by atoms with Gasteiger partial charge in [0.25, 0.3) is 0 Å². The van der Waals surface area contributed by atoms with Crippen molar-refractivity contribution in [2.24, 2.45) is 11.7 Å². The van der Waals surface area contributed by atoms with Crippen molar-refractivity contribution in [3.63, 3.8) is 0 Å². The molecule has 0 saturated carbocycles. The van der Waals surface area contributed by atoms with E-state index in [2.05, 4.69) is 26.1 Å². The first-order valence-corrected chi connectivity index (χ1v) is 7.26. The molecule has 0 aromatic heterocycles. The molecule has 3 N–H and O–H groups in total. The van der Waals surface area contributed by atoms with Gasteiger partial charge in [0.15, 0.2) is 0 Å². The monoisotopic (exact) mass is 246 g/mol. The van der Waals surface area contributed by atoms with Crippen LogP contribution in [0.2, 0.25) is 0 Å². The minimum Gasteiger partial charge on any atom is -0.352 e. The summed E-state index contributed by atoms with van der Waals surface area (Å²) in [6.07, 6.45) is 1.76. The maximum absolute atomic E-state index is 11.7. The summed E-state index contributed by atoms with van der Waals surface area (Å²) in [5.41, 5.74) is 5.80. The highest BCUT2D eigenvalue weighted by Gasteiger charge is 2.16. The molecule has 0 aromatic carbocycles. The SMILES string of the molecule is CCSCCC(C)NC(=O)[C@H](N)CC(C)C. The molecule has 16 heavy (non-hydrogen) atoms. The highest BCUT2D eigenvalue weighted by atomic mass is 32.2. The fourth-order valence-corrected chi connectivity index (χ4v) is 2.25. The van der Waals surface area contributed by atoms with Gasteiger partial charge in [0.05, 0.1) is 6.04 Å². The van der Waals surface area contributed by atoms with Gasteiger partial charge in [0, 0.05) is 6.04 Å². The second-order valence-electron chi connectivity index (χ2n) is 4.63. The summed E-state index contributed by atoms with van der Waals surface area (Å²) in [6, 6.07) is -0.133. The molecule has 0 spiro atoms. The summed E-state index contributed by atoms with van der Waals surface area (Å²) < 4.78 is 0. The highest BCUT2D eigenvalue weighted by Crippen LogP contribution is 2.05. The molecule has 2 atom stereocenters. The Hall–Kier alpha value is -0.220. The van der Waals surface area contributed by atoms with Crippen molar-refractivity contribution in [3.05, 3.63) is 0 Å². The van der Waals surface area contributed by atoms with Crippen molar-refractivity contribution < 1.29 is 4.79 Å². The average Bonchev–Trinajstić information content (AvgIpc) is 2.16. The van der Waals surface area contributed by atoms with Crippen LogP contribution in [0.3, 0.4) is 0 Å². The number of thioether (sulfide) groups is 1. The van der Waals surface area contributed by atoms with Gasteiger partial charge in [-0.05, 0) is 37.2 Å². The number of hydrogen-bond donors (Lipinski definition) is 2. The number of carbonyl (C=O) groups is 1. The Labute approximate surface area is 104 Å². The summed E-state index contributed by atoms with van der Waals surface area (Å²) in [7, 11) is 0. The molecule has 96 valence electrons. The minimum atomic E-state index is -0.360. The van der Waals surface area contributed by atoms with Gasteiger partial charge in [0.2, 0.25) is 5.91 Å². The summed E-state index contributed by atoms with van der Waals surface area (Å²) >= 11 is 1.90. The van der Waals surface area contributed by atoms with Crippen molar-refractivity contribution in [3.8, 4) is 0 Å². The molecular formula is C12H26N2OS. The van der Waals surface area contributed by atoms with Crippen molar-refractivity contribution in [1.82, 2.24) is 5.32 Å². The van der Waals surface area contributed by atoms with Gasteiger partial charge < -0.3 is 11.1 Å². The van der Waals surface area contributed by atoms with Gasteiger partial charge in [0.1, 0.15) is 0 Å². The summed E-state index contributed by atoms with van der Waals surface area (Å²) in [5, 5.41) is 2.97. The highest BCUT2D eigenvalue weighted by molar-refractivity contribution is 7.99. The van der Waals surface area contributed by atoms with Gasteiger partial charge in [-0.3, -0.25) is 4.79 Å². The number of carbonyl (C=O) groups excluding carboxylic acids is 1. The van der Waals surface area contributed by atoms with E-state index in [9.17, 15) is 4.79 Å². The lowest BCUT2D eigenvalue weighted by Gasteiger charge is -2.18. The van der Waals surface area contributed by atoms with Crippen LogP contribution in [0.25, 0.3) is 0 Å². The molecule has 0 aromatic rings. The maximum Gasteiger partial charge on any atom is 0.237 e. The molecule has 0 bridgehead atoms. The molecule has 0 rings (SSSR count). The number of nitrogens with one attached hydrogen (secondary N) is 1. The summed E-state index contributed by atoms with van der Waals surface area (Å²) in [6.45, 7) is 8.34. The molecule has 1 amide bonds. The average molecular weight is 246 g/mol. The first-order valence-electron chi connectivity index (χ1n) is 6.11. The van der Waals surface area contributed by atoms with Crippen molar-refractivity contribution in [2.75, 3.05) is 11.5 Å². The zero-order chi connectivity index (χ0) is 12.6. The van der Waals surface area contributed by atoms with Crippen molar-refractivity contribution in [1.29, 1.82) is 0 Å². The largest absolute Gasteiger partial charge is 0.352 e. The van der Waals surface area contributed by atoms with Crippen LogP contribution in [0.4, 0.5) is 0 Å². The van der Waals surface area contributed by atoms with Gasteiger partial charge in [-0.1, -0.05) is 20.8 Å². The zero-order valence-corrected chi connectivity index (χ0v) is 11.8. The number of hydrogen-bond acceptors (Lipinski definition) is 3. The Kier molecular flexibility index (Phi) is 8.76. The van der Waals surface area contributed by atoms with E-state index in [0.29, 0.717) is 5.92 Å². The van der Waals surface area contributed by atoms with Crippen LogP contribution < -0.4 is 11.1 Å². The third kappa shape index (κ3) is 7.99. The molecule has 3 nitrogen and oxygen atoms in total. The fraction of sp³-hybridized carbons (Fsp3) is 0.917. The third-order valence-electron chi connectivity index (χ3n) is 2.35. The third-order valence-corrected chi connectivity index (χ3v) is 3.28. The fourth-order valence-electron chi connectivity index (χ4n) is 1.44. The molecule has 0 heterocycles. The molecule has 0 saturated heterocycles. The Morgan fingerprint density at radius 1 is 1.38 bits per heavy atom. The normalized spacial score (nSPS) is 14.9. The van der Waals surface area contributed by atoms with E-state index in [1.54, 1.807) is 0 Å². The van der Waals surface area contributed by atoms with Gasteiger partial charge >= 0.3 is 0 Å². The van der Waals surface area contributed by atoms with E-state index in [4.69, 9.17) is 5.73 Å². The topological polar surface area (TPSA) is 55.1 Å². The smallest absolute Gasteiger partial charge is 0.237 e. The second-order valence-corrected chi connectivity index (χ2v) is 6.03. The molecular weight excluding hydrogens is 220 g/mol. The van der Waals surface area contributed by atoms with Crippen LogP contribution in [-0.2, 0) is 4.79 Å². The molecule has 0 radical (unpaired) electrons. The van der Waals surface area contributed by atoms with Gasteiger partial charge in [-0.15, -0.1) is 0 Å². The lowest BCUT2D eigenvalue weighted by atomic mass is 10.0. The Morgan fingerprint density at radius 3 is 2.50 bits per heavy atom. The Bertz CT molecular complexity index is 197. The second kappa shape index (κ2) is 8.88. The molecule has 0 aliphatic heterocycles. The molecule has 0 aliphatic rings.